The fourth-order valence-corrected chi connectivity index (χ4v) is 1.74. The second-order valence-electron chi connectivity index (χ2n) is 2.73. The Balaban J connectivity index is 3.08. The first kappa shape index (κ1) is 13.0. The van der Waals surface area contributed by atoms with E-state index >= 15 is 0 Å². The molecular formula is C9H9F3O3S. The highest BCUT2D eigenvalue weighted by atomic mass is 32.2. The van der Waals surface area contributed by atoms with E-state index in [0.717, 1.165) is 12.1 Å². The van der Waals surface area contributed by atoms with Crippen LogP contribution in [-0.2, 0) is 11.2 Å². The van der Waals surface area contributed by atoms with Crippen molar-refractivity contribution in [2.75, 3.05) is 14.2 Å². The van der Waals surface area contributed by atoms with Gasteiger partial charge < -0.3 is 14.0 Å². The van der Waals surface area contributed by atoms with E-state index in [4.69, 9.17) is 9.47 Å². The molecule has 0 N–H and O–H groups in total. The average molecular weight is 254 g/mol. The lowest BCUT2D eigenvalue weighted by Gasteiger charge is -2.14. The number of methoxy groups -OCH3 is 2. The molecule has 1 aromatic carbocycles. The molecule has 0 aromatic heterocycles. The Morgan fingerprint density at radius 3 is 2.12 bits per heavy atom. The number of alkyl halides is 3. The summed E-state index contributed by atoms with van der Waals surface area (Å²) in [5.74, 6) is 0.392. The molecule has 16 heavy (non-hydrogen) atoms. The molecule has 7 heteroatoms. The molecule has 0 aliphatic rings. The summed E-state index contributed by atoms with van der Waals surface area (Å²) in [5.41, 5.74) is -4.78. The van der Waals surface area contributed by atoms with Gasteiger partial charge >= 0.3 is 5.51 Å². The standard InChI is InChI=1S/C9H9F3O3S/c1-14-7-4-3-6(5-8(7)15-2)16(13)9(10,11)12/h3-5H,1-2H3. The predicted octanol–water partition coefficient (Wildman–Crippen LogP) is 2.33. The summed E-state index contributed by atoms with van der Waals surface area (Å²) < 4.78 is 57.2. The predicted molar refractivity (Wildman–Crippen MR) is 52.0 cm³/mol. The first-order chi connectivity index (χ1) is 7.40. The summed E-state index contributed by atoms with van der Waals surface area (Å²) in [7, 11) is 2.65. The highest BCUT2D eigenvalue weighted by molar-refractivity contribution is 7.92. The number of hydrogen-bond donors (Lipinski definition) is 0. The van der Waals surface area contributed by atoms with Crippen LogP contribution >= 0.6 is 0 Å². The minimum Gasteiger partial charge on any atom is -0.604 e. The lowest BCUT2D eigenvalue weighted by atomic mass is 10.3. The van der Waals surface area contributed by atoms with Crippen molar-refractivity contribution in [3.8, 4) is 11.5 Å². The van der Waals surface area contributed by atoms with Gasteiger partial charge in [-0.05, 0) is 12.1 Å². The van der Waals surface area contributed by atoms with Gasteiger partial charge in [-0.1, -0.05) is 0 Å². The van der Waals surface area contributed by atoms with Gasteiger partial charge in [0.15, 0.2) is 16.4 Å². The summed E-state index contributed by atoms with van der Waals surface area (Å²) in [6, 6.07) is 3.41. The Morgan fingerprint density at radius 2 is 1.69 bits per heavy atom. The fraction of sp³-hybridized carbons (Fsp3) is 0.333. The summed E-state index contributed by atoms with van der Waals surface area (Å²) in [4.78, 5) is -0.370. The van der Waals surface area contributed by atoms with Gasteiger partial charge in [-0.3, -0.25) is 0 Å². The van der Waals surface area contributed by atoms with Gasteiger partial charge in [-0.25, -0.2) is 0 Å². The average Bonchev–Trinajstić information content (AvgIpc) is 2.25. The number of rotatable bonds is 3. The highest BCUT2D eigenvalue weighted by Crippen LogP contribution is 2.35. The third-order valence-corrected chi connectivity index (χ3v) is 2.88. The normalized spacial score (nSPS) is 13.4. The zero-order chi connectivity index (χ0) is 12.3. The van der Waals surface area contributed by atoms with Crippen LogP contribution in [0.3, 0.4) is 0 Å². The Bertz CT molecular complexity index is 368. The lowest BCUT2D eigenvalue weighted by molar-refractivity contribution is -0.0435. The molecule has 0 aliphatic heterocycles. The van der Waals surface area contributed by atoms with Crippen molar-refractivity contribution in [1.29, 1.82) is 0 Å². The zero-order valence-electron chi connectivity index (χ0n) is 8.50. The molecular weight excluding hydrogens is 245 g/mol. The largest absolute Gasteiger partial charge is 0.604 e. The van der Waals surface area contributed by atoms with Crippen LogP contribution in [0.15, 0.2) is 23.1 Å². The number of benzene rings is 1. The molecule has 1 rings (SSSR count). The molecule has 0 amide bonds. The van der Waals surface area contributed by atoms with Crippen LogP contribution in [0.2, 0.25) is 0 Å². The van der Waals surface area contributed by atoms with Gasteiger partial charge in [0.25, 0.3) is 0 Å². The van der Waals surface area contributed by atoms with Crippen molar-refractivity contribution in [1.82, 2.24) is 0 Å². The van der Waals surface area contributed by atoms with Crippen LogP contribution in [0.4, 0.5) is 13.2 Å². The Morgan fingerprint density at radius 1 is 1.12 bits per heavy atom. The van der Waals surface area contributed by atoms with E-state index in [1.165, 1.54) is 20.3 Å². The minimum absolute atomic E-state index is 0.109. The first-order valence-corrected chi connectivity index (χ1v) is 5.25. The van der Waals surface area contributed by atoms with E-state index in [0.29, 0.717) is 0 Å². The molecule has 0 heterocycles. The maximum Gasteiger partial charge on any atom is 0.578 e. The summed E-state index contributed by atoms with van der Waals surface area (Å²) in [5, 5.41) is 0. The van der Waals surface area contributed by atoms with Crippen LogP contribution in [0.25, 0.3) is 0 Å². The van der Waals surface area contributed by atoms with Gasteiger partial charge in [0.1, 0.15) is 0 Å². The maximum atomic E-state index is 12.2. The van der Waals surface area contributed by atoms with Crippen LogP contribution < -0.4 is 9.47 Å². The third-order valence-electron chi connectivity index (χ3n) is 1.78. The molecule has 1 unspecified atom stereocenters. The molecule has 0 bridgehead atoms. The van der Waals surface area contributed by atoms with Gasteiger partial charge in [-0.15, -0.1) is 13.2 Å². The van der Waals surface area contributed by atoms with E-state index in [2.05, 4.69) is 0 Å². The molecule has 0 aliphatic carbocycles. The molecule has 1 aromatic rings. The summed E-state index contributed by atoms with van der Waals surface area (Å²) >= 11 is -3.06. The monoisotopic (exact) mass is 254 g/mol. The van der Waals surface area contributed by atoms with E-state index in [-0.39, 0.29) is 16.4 Å². The number of ether oxygens (including phenoxy) is 2. The fourth-order valence-electron chi connectivity index (χ4n) is 1.07. The van der Waals surface area contributed by atoms with Crippen LogP contribution in [0, 0.1) is 0 Å². The Labute approximate surface area is 93.3 Å². The molecule has 0 saturated heterocycles. The molecule has 0 spiro atoms. The molecule has 0 radical (unpaired) electrons. The van der Waals surface area contributed by atoms with Gasteiger partial charge in [0.05, 0.1) is 25.4 Å². The summed E-state index contributed by atoms with van der Waals surface area (Å²) in [6.45, 7) is 0. The Kier molecular flexibility index (Phi) is 3.93. The molecule has 0 saturated carbocycles. The number of hydrogen-bond acceptors (Lipinski definition) is 3. The lowest BCUT2D eigenvalue weighted by Crippen LogP contribution is -2.23. The smallest absolute Gasteiger partial charge is 0.578 e. The molecule has 3 nitrogen and oxygen atoms in total. The summed E-state index contributed by atoms with van der Waals surface area (Å²) in [6.07, 6.45) is 0. The van der Waals surface area contributed by atoms with Crippen molar-refractivity contribution in [2.45, 2.75) is 10.4 Å². The number of halogens is 3. The topological polar surface area (TPSA) is 41.5 Å². The zero-order valence-corrected chi connectivity index (χ0v) is 9.32. The Hall–Kier alpha value is -1.08. The minimum atomic E-state index is -4.78. The van der Waals surface area contributed by atoms with Crippen molar-refractivity contribution in [3.63, 3.8) is 0 Å². The molecule has 0 fully saturated rings. The van der Waals surface area contributed by atoms with Crippen LogP contribution in [-0.4, -0.2) is 24.3 Å². The van der Waals surface area contributed by atoms with Crippen LogP contribution in [0.1, 0.15) is 0 Å². The quantitative estimate of drug-likeness (QED) is 0.777. The molecule has 90 valence electrons. The second-order valence-corrected chi connectivity index (χ2v) is 4.20. The first-order valence-electron chi connectivity index (χ1n) is 4.10. The van der Waals surface area contributed by atoms with Gasteiger partial charge in [0, 0.05) is 6.07 Å². The van der Waals surface area contributed by atoms with Crippen molar-refractivity contribution < 1.29 is 27.2 Å². The van der Waals surface area contributed by atoms with Crippen molar-refractivity contribution >= 4 is 11.2 Å². The molecule has 1 atom stereocenters. The van der Waals surface area contributed by atoms with Crippen molar-refractivity contribution in [2.24, 2.45) is 0 Å². The van der Waals surface area contributed by atoms with Gasteiger partial charge in [0.2, 0.25) is 0 Å². The van der Waals surface area contributed by atoms with E-state index in [1.54, 1.807) is 0 Å². The highest BCUT2D eigenvalue weighted by Gasteiger charge is 2.46. The van der Waals surface area contributed by atoms with E-state index in [1.807, 2.05) is 0 Å². The van der Waals surface area contributed by atoms with Crippen molar-refractivity contribution in [3.05, 3.63) is 18.2 Å². The van der Waals surface area contributed by atoms with Gasteiger partial charge in [-0.2, -0.15) is 0 Å². The second kappa shape index (κ2) is 4.84. The SMILES string of the molecule is COc1ccc([S+]([O-])C(F)(F)F)cc1OC. The third kappa shape index (κ3) is 2.73. The van der Waals surface area contributed by atoms with Crippen LogP contribution in [0.5, 0.6) is 11.5 Å². The van der Waals surface area contributed by atoms with E-state index in [9.17, 15) is 17.7 Å². The van der Waals surface area contributed by atoms with E-state index < -0.39 is 16.7 Å². The maximum absolute atomic E-state index is 12.2.